The zero-order valence-electron chi connectivity index (χ0n) is 34.7. The average molecular weight is 812 g/mol. The largest absolute Gasteiger partial charge is 0.247 e. The van der Waals surface area contributed by atoms with Crippen LogP contribution in [0.1, 0.15) is 0 Å². The van der Waals surface area contributed by atoms with Gasteiger partial charge in [-0.05, 0) is 95.3 Å². The molecule has 2 heterocycles. The second-order valence-corrected chi connectivity index (χ2v) is 16.7. The zero-order valence-corrected chi connectivity index (χ0v) is 34.7. The zero-order chi connectivity index (χ0) is 42.1. The van der Waals surface area contributed by atoms with Crippen LogP contribution in [0.5, 0.6) is 0 Å². The number of nitrogens with zero attached hydrogens (tertiary/aromatic N) is 3. The highest BCUT2D eigenvalue weighted by Crippen LogP contribution is 2.41. The summed E-state index contributed by atoms with van der Waals surface area (Å²) in [6.07, 6.45) is 0. The van der Waals surface area contributed by atoms with Crippen molar-refractivity contribution in [3.63, 3.8) is 0 Å². The van der Waals surface area contributed by atoms with E-state index in [0.717, 1.165) is 72.1 Å². The summed E-state index contributed by atoms with van der Waals surface area (Å²) in [4.78, 5) is 16.1. The maximum Gasteiger partial charge on any atom is 0.160 e. The van der Waals surface area contributed by atoms with E-state index in [2.05, 4.69) is 224 Å². The van der Waals surface area contributed by atoms with Crippen LogP contribution in [0, 0.1) is 0 Å². The van der Waals surface area contributed by atoms with Crippen molar-refractivity contribution in [2.75, 3.05) is 0 Å². The molecular formula is C61H37N3. The van der Waals surface area contributed by atoms with Crippen LogP contribution in [-0.4, -0.2) is 15.0 Å². The molecule has 0 unspecified atom stereocenters. The van der Waals surface area contributed by atoms with Gasteiger partial charge in [-0.2, -0.15) is 0 Å². The number of aromatic nitrogens is 3. The second kappa shape index (κ2) is 14.5. The molecule has 0 saturated carbocycles. The molecule has 64 heavy (non-hydrogen) atoms. The predicted octanol–water partition coefficient (Wildman–Crippen LogP) is 16.3. The van der Waals surface area contributed by atoms with Gasteiger partial charge in [0.2, 0.25) is 0 Å². The predicted molar refractivity (Wildman–Crippen MR) is 270 cm³/mol. The molecule has 0 aliphatic carbocycles. The molecule has 0 amide bonds. The van der Waals surface area contributed by atoms with E-state index in [1.165, 1.54) is 53.9 Å². The van der Waals surface area contributed by atoms with E-state index in [-0.39, 0.29) is 0 Å². The first-order valence-electron chi connectivity index (χ1n) is 21.8. The summed E-state index contributed by atoms with van der Waals surface area (Å²) in [7, 11) is 0. The molecule has 296 valence electrons. The lowest BCUT2D eigenvalue weighted by molar-refractivity contribution is 1.19. The minimum Gasteiger partial charge on any atom is -0.247 e. The van der Waals surface area contributed by atoms with Crippen LogP contribution in [0.3, 0.4) is 0 Å². The van der Waals surface area contributed by atoms with E-state index in [4.69, 9.17) is 15.0 Å². The third kappa shape index (κ3) is 5.86. The normalized spacial score (nSPS) is 11.8. The first-order chi connectivity index (χ1) is 31.7. The van der Waals surface area contributed by atoms with Gasteiger partial charge in [-0.3, -0.25) is 0 Å². The number of rotatable bonds is 5. The minimum atomic E-state index is 0.682. The molecule has 0 radical (unpaired) electrons. The molecule has 3 nitrogen and oxygen atoms in total. The van der Waals surface area contributed by atoms with Crippen molar-refractivity contribution in [3.8, 4) is 56.3 Å². The Morgan fingerprint density at radius 3 is 1.39 bits per heavy atom. The van der Waals surface area contributed by atoms with Crippen molar-refractivity contribution in [3.05, 3.63) is 224 Å². The van der Waals surface area contributed by atoms with Gasteiger partial charge < -0.3 is 0 Å². The van der Waals surface area contributed by atoms with Gasteiger partial charge in [0, 0.05) is 38.4 Å². The Morgan fingerprint density at radius 1 is 0.250 bits per heavy atom. The molecule has 0 aliphatic rings. The first kappa shape index (κ1) is 36.2. The Labute approximate surface area is 369 Å². The van der Waals surface area contributed by atoms with E-state index in [1.807, 2.05) is 0 Å². The Balaban J connectivity index is 0.968. The van der Waals surface area contributed by atoms with Crippen molar-refractivity contribution in [1.82, 2.24) is 15.0 Å². The van der Waals surface area contributed by atoms with Gasteiger partial charge in [-0.15, -0.1) is 0 Å². The number of hydrogen-bond acceptors (Lipinski definition) is 3. The van der Waals surface area contributed by atoms with Crippen molar-refractivity contribution in [2.45, 2.75) is 0 Å². The minimum absolute atomic E-state index is 0.682. The fourth-order valence-corrected chi connectivity index (χ4v) is 9.98. The summed E-state index contributed by atoms with van der Waals surface area (Å²) >= 11 is 0. The number of hydrogen-bond donors (Lipinski definition) is 0. The van der Waals surface area contributed by atoms with Crippen LogP contribution in [0.15, 0.2) is 224 Å². The third-order valence-electron chi connectivity index (χ3n) is 13.0. The van der Waals surface area contributed by atoms with Crippen LogP contribution in [0.2, 0.25) is 0 Å². The van der Waals surface area contributed by atoms with E-state index < -0.39 is 0 Å². The fourth-order valence-electron chi connectivity index (χ4n) is 9.98. The second-order valence-electron chi connectivity index (χ2n) is 16.7. The van der Waals surface area contributed by atoms with Crippen LogP contribution in [0.25, 0.3) is 132 Å². The summed E-state index contributed by atoms with van der Waals surface area (Å²) in [6.45, 7) is 0. The lowest BCUT2D eigenvalue weighted by Crippen LogP contribution is -1.97. The summed E-state index contributed by atoms with van der Waals surface area (Å²) in [5.41, 5.74) is 10.2. The third-order valence-corrected chi connectivity index (χ3v) is 13.0. The van der Waals surface area contributed by atoms with Crippen LogP contribution in [-0.2, 0) is 0 Å². The molecule has 0 spiro atoms. The molecule has 0 bridgehead atoms. The van der Waals surface area contributed by atoms with Crippen molar-refractivity contribution in [2.24, 2.45) is 0 Å². The highest BCUT2D eigenvalue weighted by atomic mass is 14.9. The first-order valence-corrected chi connectivity index (χ1v) is 21.8. The molecular weight excluding hydrogens is 775 g/mol. The Bertz CT molecular complexity index is 3870. The maximum absolute atomic E-state index is 5.41. The fraction of sp³-hybridized carbons (Fsp3) is 0. The van der Waals surface area contributed by atoms with Crippen LogP contribution >= 0.6 is 0 Å². The van der Waals surface area contributed by atoms with E-state index in [1.54, 1.807) is 0 Å². The Morgan fingerprint density at radius 2 is 0.750 bits per heavy atom. The number of para-hydroxylation sites is 1. The summed E-state index contributed by atoms with van der Waals surface area (Å²) in [5, 5.41) is 15.6. The maximum atomic E-state index is 5.41. The van der Waals surface area contributed by atoms with Gasteiger partial charge in [0.05, 0.1) is 22.6 Å². The number of pyridine rings is 1. The highest BCUT2D eigenvalue weighted by Gasteiger charge is 2.18. The van der Waals surface area contributed by atoms with E-state index in [9.17, 15) is 0 Å². The van der Waals surface area contributed by atoms with Gasteiger partial charge in [0.1, 0.15) is 0 Å². The summed E-state index contributed by atoms with van der Waals surface area (Å²) in [6, 6.07) is 80.4. The Hall–Kier alpha value is -8.53. The molecule has 0 aliphatic heterocycles. The molecule has 3 heteroatoms. The average Bonchev–Trinajstić information content (AvgIpc) is 3.37. The quantitative estimate of drug-likeness (QED) is 0.163. The SMILES string of the molecule is c1cc(-c2ccc(-c3nc(-c4cc5ccccc5c5ccccc45)cc(-c4cc5ccccc5c5ccccc45)n3)cc2)cc(-c2nc3ccccc3c3c2ccc2ccccc23)c1. The lowest BCUT2D eigenvalue weighted by Gasteiger charge is -2.15. The summed E-state index contributed by atoms with van der Waals surface area (Å²) < 4.78 is 0. The highest BCUT2D eigenvalue weighted by molar-refractivity contribution is 6.22. The van der Waals surface area contributed by atoms with Gasteiger partial charge in [0.15, 0.2) is 5.82 Å². The van der Waals surface area contributed by atoms with Gasteiger partial charge >= 0.3 is 0 Å². The Kier molecular flexibility index (Phi) is 8.22. The van der Waals surface area contributed by atoms with Gasteiger partial charge in [0.25, 0.3) is 0 Å². The lowest BCUT2D eigenvalue weighted by atomic mass is 9.93. The van der Waals surface area contributed by atoms with E-state index in [0.29, 0.717) is 5.82 Å². The van der Waals surface area contributed by atoms with Crippen molar-refractivity contribution in [1.29, 1.82) is 0 Å². The van der Waals surface area contributed by atoms with Gasteiger partial charge in [-0.1, -0.05) is 194 Å². The van der Waals surface area contributed by atoms with Gasteiger partial charge in [-0.25, -0.2) is 15.0 Å². The number of fused-ring (bicyclic) bond motifs is 11. The number of benzene rings is 11. The van der Waals surface area contributed by atoms with Crippen molar-refractivity contribution < 1.29 is 0 Å². The summed E-state index contributed by atoms with van der Waals surface area (Å²) in [5.74, 6) is 0.682. The van der Waals surface area contributed by atoms with Crippen LogP contribution < -0.4 is 0 Å². The molecule has 0 N–H and O–H groups in total. The molecule has 0 fully saturated rings. The van der Waals surface area contributed by atoms with Crippen molar-refractivity contribution >= 4 is 75.5 Å². The smallest absolute Gasteiger partial charge is 0.160 e. The monoisotopic (exact) mass is 811 g/mol. The van der Waals surface area contributed by atoms with E-state index >= 15 is 0 Å². The molecule has 2 aromatic heterocycles. The standard InChI is InChI=1S/C61H37N3/c1-6-21-47-39(14-1)32-33-53-59(47)52-26-11-12-27-56(52)62-60(53)44-18-13-17-41(34-44)38-28-30-40(31-29-38)61-63-57(54-35-42-15-2-4-19-45(42)48-22-7-9-24-50(48)54)37-58(64-61)55-36-43-16-3-5-20-46(43)49-23-8-10-25-51(49)55/h1-37H. The topological polar surface area (TPSA) is 38.7 Å². The molecule has 13 aromatic rings. The molecule has 11 aromatic carbocycles. The molecule has 0 saturated heterocycles. The van der Waals surface area contributed by atoms with Crippen LogP contribution in [0.4, 0.5) is 0 Å². The molecule has 0 atom stereocenters. The molecule has 13 rings (SSSR count).